The van der Waals surface area contributed by atoms with Crippen molar-refractivity contribution in [3.05, 3.63) is 28.8 Å². The molecule has 1 saturated heterocycles. The van der Waals surface area contributed by atoms with Crippen molar-refractivity contribution in [1.29, 1.82) is 0 Å². The molecule has 2 aromatic heterocycles. The zero-order valence-corrected chi connectivity index (χ0v) is 13.0. The summed E-state index contributed by atoms with van der Waals surface area (Å²) in [6, 6.07) is 3.34. The van der Waals surface area contributed by atoms with Crippen LogP contribution in [0.4, 0.5) is 9.18 Å². The number of alkyl halides is 1. The molecule has 0 spiro atoms. The van der Waals surface area contributed by atoms with Crippen LogP contribution >= 0.6 is 15.9 Å². The second kappa shape index (κ2) is 5.64. The van der Waals surface area contributed by atoms with Gasteiger partial charge in [-0.3, -0.25) is 0 Å². The van der Waals surface area contributed by atoms with E-state index >= 15 is 4.39 Å². The molecule has 0 bridgehead atoms. The van der Waals surface area contributed by atoms with Crippen molar-refractivity contribution < 1.29 is 18.7 Å². The Morgan fingerprint density at radius 2 is 2.32 bits per heavy atom. The van der Waals surface area contributed by atoms with Gasteiger partial charge in [-0.05, 0) is 40.9 Å². The number of piperidine rings is 1. The molecule has 3 rings (SSSR count). The number of amides is 1. The lowest BCUT2D eigenvalue weighted by Gasteiger charge is -2.33. The Bertz CT molecular complexity index is 710. The summed E-state index contributed by atoms with van der Waals surface area (Å²) in [7, 11) is 0. The van der Waals surface area contributed by atoms with E-state index in [1.165, 1.54) is 0 Å². The fourth-order valence-electron chi connectivity index (χ4n) is 2.41. The molecule has 0 saturated carbocycles. The molecule has 1 amide bonds. The Kier molecular flexibility index (Phi) is 3.81. The predicted molar refractivity (Wildman–Crippen MR) is 76.8 cm³/mol. The maximum atomic E-state index is 15.0. The van der Waals surface area contributed by atoms with Crippen LogP contribution in [-0.4, -0.2) is 44.4 Å². The lowest BCUT2D eigenvalue weighted by atomic mass is 9.95. The number of aromatic nitrogens is 3. The van der Waals surface area contributed by atoms with Gasteiger partial charge in [0.05, 0.1) is 6.54 Å². The van der Waals surface area contributed by atoms with Crippen LogP contribution in [0.2, 0.25) is 0 Å². The van der Waals surface area contributed by atoms with E-state index in [-0.39, 0.29) is 24.7 Å². The predicted octanol–water partition coefficient (Wildman–Crippen LogP) is 2.83. The number of hydrogen-bond donors (Lipinski definition) is 1. The largest absolute Gasteiger partial charge is 0.465 e. The average molecular weight is 371 g/mol. The minimum atomic E-state index is -1.95. The highest BCUT2D eigenvalue weighted by molar-refractivity contribution is 9.10. The second-order valence-corrected chi connectivity index (χ2v) is 5.87. The summed E-state index contributed by atoms with van der Waals surface area (Å²) in [4.78, 5) is 16.0. The van der Waals surface area contributed by atoms with Crippen molar-refractivity contribution in [2.24, 2.45) is 0 Å². The number of pyridine rings is 1. The summed E-state index contributed by atoms with van der Waals surface area (Å²) >= 11 is 3.23. The van der Waals surface area contributed by atoms with Gasteiger partial charge in [0.1, 0.15) is 4.60 Å². The van der Waals surface area contributed by atoms with E-state index in [9.17, 15) is 4.79 Å². The first-order valence-corrected chi connectivity index (χ1v) is 7.40. The fourth-order valence-corrected chi connectivity index (χ4v) is 2.77. The summed E-state index contributed by atoms with van der Waals surface area (Å²) in [5.41, 5.74) is -1.35. The molecule has 3 heterocycles. The second-order valence-electron chi connectivity index (χ2n) is 5.05. The van der Waals surface area contributed by atoms with Crippen LogP contribution in [0.1, 0.15) is 18.7 Å². The molecule has 7 nitrogen and oxygen atoms in total. The van der Waals surface area contributed by atoms with Gasteiger partial charge in [-0.15, -0.1) is 10.2 Å². The quantitative estimate of drug-likeness (QED) is 0.817. The van der Waals surface area contributed by atoms with Crippen molar-refractivity contribution in [2.45, 2.75) is 18.5 Å². The topological polar surface area (TPSA) is 92.3 Å². The molecule has 0 aromatic carbocycles. The van der Waals surface area contributed by atoms with Gasteiger partial charge in [-0.1, -0.05) is 0 Å². The van der Waals surface area contributed by atoms with Crippen LogP contribution in [0.15, 0.2) is 27.3 Å². The molecule has 1 fully saturated rings. The van der Waals surface area contributed by atoms with Gasteiger partial charge < -0.3 is 14.4 Å². The monoisotopic (exact) mass is 370 g/mol. The number of carbonyl (C=O) groups is 1. The SMILES string of the molecule is O=C(O)N1CCC[C@](F)(c2nnc(-c3ccnc(Br)c3)o2)C1. The van der Waals surface area contributed by atoms with Gasteiger partial charge in [-0.2, -0.15) is 0 Å². The van der Waals surface area contributed by atoms with Gasteiger partial charge in [0.2, 0.25) is 11.6 Å². The molecule has 22 heavy (non-hydrogen) atoms. The summed E-state index contributed by atoms with van der Waals surface area (Å²) in [5, 5.41) is 16.6. The van der Waals surface area contributed by atoms with E-state index < -0.39 is 11.8 Å². The Morgan fingerprint density at radius 1 is 1.50 bits per heavy atom. The first kappa shape index (κ1) is 14.9. The third kappa shape index (κ3) is 2.80. The van der Waals surface area contributed by atoms with Crippen LogP contribution in [-0.2, 0) is 5.67 Å². The smallest absolute Gasteiger partial charge is 0.407 e. The van der Waals surface area contributed by atoms with Crippen LogP contribution in [0.5, 0.6) is 0 Å². The van der Waals surface area contributed by atoms with E-state index in [0.29, 0.717) is 23.1 Å². The first-order chi connectivity index (χ1) is 10.5. The molecular formula is C13H12BrFN4O3. The Morgan fingerprint density at radius 3 is 3.05 bits per heavy atom. The standard InChI is InChI=1S/C13H12BrFN4O3/c14-9-6-8(2-4-16-9)10-17-18-11(22-10)13(15)3-1-5-19(7-13)12(20)21/h2,4,6H,1,3,5,7H2,(H,20,21)/t13-/m1/s1. The Labute approximate surface area is 133 Å². The molecule has 1 aliphatic rings. The molecule has 2 aromatic rings. The van der Waals surface area contributed by atoms with Gasteiger partial charge in [0.25, 0.3) is 5.89 Å². The number of halogens is 2. The molecule has 1 aliphatic heterocycles. The van der Waals surface area contributed by atoms with E-state index in [1.54, 1.807) is 18.3 Å². The Hall–Kier alpha value is -2.03. The van der Waals surface area contributed by atoms with Crippen molar-refractivity contribution >= 4 is 22.0 Å². The molecular weight excluding hydrogens is 359 g/mol. The number of carboxylic acid groups (broad SMARTS) is 1. The average Bonchev–Trinajstić information content (AvgIpc) is 2.98. The van der Waals surface area contributed by atoms with Crippen molar-refractivity contribution in [2.75, 3.05) is 13.1 Å². The van der Waals surface area contributed by atoms with Gasteiger partial charge in [0.15, 0.2) is 0 Å². The summed E-state index contributed by atoms with van der Waals surface area (Å²) in [5.74, 6) is -0.0241. The molecule has 1 atom stereocenters. The highest BCUT2D eigenvalue weighted by Gasteiger charge is 2.43. The zero-order valence-electron chi connectivity index (χ0n) is 11.4. The van der Waals surface area contributed by atoms with Crippen LogP contribution in [0, 0.1) is 0 Å². The maximum absolute atomic E-state index is 15.0. The lowest BCUT2D eigenvalue weighted by Crippen LogP contribution is -2.46. The third-order valence-corrected chi connectivity index (χ3v) is 3.93. The minimum Gasteiger partial charge on any atom is -0.465 e. The molecule has 0 aliphatic carbocycles. The zero-order chi connectivity index (χ0) is 15.7. The van der Waals surface area contributed by atoms with Crippen molar-refractivity contribution in [1.82, 2.24) is 20.1 Å². The van der Waals surface area contributed by atoms with Crippen LogP contribution in [0.3, 0.4) is 0 Å². The number of hydrogen-bond acceptors (Lipinski definition) is 5. The molecule has 0 radical (unpaired) electrons. The molecule has 116 valence electrons. The summed E-state index contributed by atoms with van der Waals surface area (Å²) < 4.78 is 21.0. The number of nitrogens with zero attached hydrogens (tertiary/aromatic N) is 4. The van der Waals surface area contributed by atoms with Crippen LogP contribution in [0.25, 0.3) is 11.5 Å². The lowest BCUT2D eigenvalue weighted by molar-refractivity contribution is 0.0239. The number of rotatable bonds is 2. The number of likely N-dealkylation sites (tertiary alicyclic amines) is 1. The van der Waals surface area contributed by atoms with Gasteiger partial charge in [0, 0.05) is 18.3 Å². The summed E-state index contributed by atoms with van der Waals surface area (Å²) in [6.07, 6.45) is 0.959. The normalized spacial score (nSPS) is 21.8. The molecule has 0 unspecified atom stereocenters. The Balaban J connectivity index is 1.88. The minimum absolute atomic E-state index is 0.151. The first-order valence-electron chi connectivity index (χ1n) is 6.61. The third-order valence-electron chi connectivity index (χ3n) is 3.49. The van der Waals surface area contributed by atoms with E-state index in [4.69, 9.17) is 9.52 Å². The van der Waals surface area contributed by atoms with Crippen molar-refractivity contribution in [3.63, 3.8) is 0 Å². The van der Waals surface area contributed by atoms with Crippen LogP contribution < -0.4 is 0 Å². The maximum Gasteiger partial charge on any atom is 0.407 e. The van der Waals surface area contributed by atoms with Crippen molar-refractivity contribution in [3.8, 4) is 11.5 Å². The van der Waals surface area contributed by atoms with Gasteiger partial charge >= 0.3 is 6.09 Å². The van der Waals surface area contributed by atoms with E-state index in [0.717, 1.165) is 4.90 Å². The fraction of sp³-hybridized carbons (Fsp3) is 0.385. The van der Waals surface area contributed by atoms with E-state index in [2.05, 4.69) is 31.1 Å². The van der Waals surface area contributed by atoms with E-state index in [1.807, 2.05) is 0 Å². The molecule has 9 heteroatoms. The molecule has 1 N–H and O–H groups in total. The highest BCUT2D eigenvalue weighted by Crippen LogP contribution is 2.36. The highest BCUT2D eigenvalue weighted by atomic mass is 79.9. The van der Waals surface area contributed by atoms with Gasteiger partial charge in [-0.25, -0.2) is 14.2 Å². The summed E-state index contributed by atoms with van der Waals surface area (Å²) in [6.45, 7) is 0.00328.